The van der Waals surface area contributed by atoms with Crippen LogP contribution in [0.15, 0.2) is 0 Å². The van der Waals surface area contributed by atoms with Gasteiger partial charge < -0.3 is 10.4 Å². The Labute approximate surface area is 99.9 Å². The predicted octanol–water partition coefficient (Wildman–Crippen LogP) is 2.13. The highest BCUT2D eigenvalue weighted by molar-refractivity contribution is 7.15. The van der Waals surface area contributed by atoms with Gasteiger partial charge in [-0.2, -0.15) is 13.2 Å². The van der Waals surface area contributed by atoms with Crippen LogP contribution in [0.5, 0.6) is 0 Å². The molecule has 0 radical (unpaired) electrons. The number of hydrogen-bond acceptors (Lipinski definition) is 5. The van der Waals surface area contributed by atoms with Crippen molar-refractivity contribution in [2.75, 3.05) is 18.5 Å². The smallest absolute Gasteiger partial charge is 0.396 e. The number of rotatable bonds is 5. The largest absolute Gasteiger partial charge is 0.445 e. The number of aliphatic hydroxyl groups excluding tert-OH is 1. The van der Waals surface area contributed by atoms with E-state index >= 15 is 0 Å². The van der Waals surface area contributed by atoms with E-state index < -0.39 is 11.2 Å². The number of aromatic nitrogens is 2. The molecule has 1 aromatic rings. The number of nitrogens with zero attached hydrogens (tertiary/aromatic N) is 2. The van der Waals surface area contributed by atoms with Crippen molar-refractivity contribution in [3.63, 3.8) is 0 Å². The quantitative estimate of drug-likeness (QED) is 0.858. The second-order valence-corrected chi connectivity index (χ2v) is 5.21. The molecule has 0 atom stereocenters. The lowest BCUT2D eigenvalue weighted by Gasteiger charge is -2.13. The molecule has 1 saturated carbocycles. The lowest BCUT2D eigenvalue weighted by Crippen LogP contribution is -2.16. The minimum atomic E-state index is -4.43. The van der Waals surface area contributed by atoms with Crippen LogP contribution < -0.4 is 5.32 Å². The summed E-state index contributed by atoms with van der Waals surface area (Å²) in [7, 11) is 0. The first kappa shape index (κ1) is 12.6. The van der Waals surface area contributed by atoms with Crippen molar-refractivity contribution in [2.24, 2.45) is 5.41 Å². The van der Waals surface area contributed by atoms with Gasteiger partial charge in [0, 0.05) is 13.2 Å². The summed E-state index contributed by atoms with van der Waals surface area (Å²) < 4.78 is 36.8. The van der Waals surface area contributed by atoms with Crippen LogP contribution in [0.25, 0.3) is 0 Å². The Kier molecular flexibility index (Phi) is 3.26. The van der Waals surface area contributed by atoms with E-state index in [-0.39, 0.29) is 17.2 Å². The van der Waals surface area contributed by atoms with E-state index in [1.165, 1.54) is 0 Å². The Morgan fingerprint density at radius 2 is 2.06 bits per heavy atom. The molecule has 2 N–H and O–H groups in total. The van der Waals surface area contributed by atoms with Gasteiger partial charge in [-0.1, -0.05) is 11.3 Å². The number of hydrogen-bond donors (Lipinski definition) is 2. The van der Waals surface area contributed by atoms with Crippen molar-refractivity contribution < 1.29 is 18.3 Å². The molecule has 96 valence electrons. The van der Waals surface area contributed by atoms with Gasteiger partial charge in [0.15, 0.2) is 0 Å². The molecule has 0 bridgehead atoms. The molecule has 8 heteroatoms. The zero-order valence-corrected chi connectivity index (χ0v) is 9.74. The molecule has 1 aromatic heterocycles. The van der Waals surface area contributed by atoms with Gasteiger partial charge in [-0.05, 0) is 24.7 Å². The number of nitrogens with one attached hydrogen (secondary N) is 1. The maximum Gasteiger partial charge on any atom is 0.445 e. The van der Waals surface area contributed by atoms with Crippen molar-refractivity contribution in [1.82, 2.24) is 10.2 Å². The number of alkyl halides is 3. The highest BCUT2D eigenvalue weighted by Gasteiger charge is 2.42. The highest BCUT2D eigenvalue weighted by atomic mass is 32.1. The van der Waals surface area contributed by atoms with Gasteiger partial charge in [0.05, 0.1) is 0 Å². The zero-order valence-electron chi connectivity index (χ0n) is 8.92. The fraction of sp³-hybridized carbons (Fsp3) is 0.778. The summed E-state index contributed by atoms with van der Waals surface area (Å²) in [4.78, 5) is 0. The predicted molar refractivity (Wildman–Crippen MR) is 56.8 cm³/mol. The van der Waals surface area contributed by atoms with Gasteiger partial charge in [-0.3, -0.25) is 0 Å². The van der Waals surface area contributed by atoms with E-state index in [1.54, 1.807) is 0 Å². The lowest BCUT2D eigenvalue weighted by molar-refractivity contribution is -0.138. The van der Waals surface area contributed by atoms with Crippen LogP contribution in [0, 0.1) is 5.41 Å². The molecular formula is C9H12F3N3OS. The van der Waals surface area contributed by atoms with Gasteiger partial charge in [0.2, 0.25) is 10.1 Å². The van der Waals surface area contributed by atoms with Crippen molar-refractivity contribution in [3.05, 3.63) is 5.01 Å². The fourth-order valence-electron chi connectivity index (χ4n) is 1.60. The second kappa shape index (κ2) is 4.41. The summed E-state index contributed by atoms with van der Waals surface area (Å²) in [5.41, 5.74) is 0.0405. The van der Waals surface area contributed by atoms with Crippen LogP contribution in [0.2, 0.25) is 0 Å². The first-order valence-corrected chi connectivity index (χ1v) is 6.02. The molecule has 2 rings (SSSR count). The molecule has 1 heterocycles. The summed E-state index contributed by atoms with van der Waals surface area (Å²) in [6.45, 7) is 0.644. The first-order valence-electron chi connectivity index (χ1n) is 5.21. The van der Waals surface area contributed by atoms with Crippen LogP contribution in [0.1, 0.15) is 24.3 Å². The maximum absolute atomic E-state index is 12.3. The van der Waals surface area contributed by atoms with Crippen LogP contribution in [-0.2, 0) is 6.18 Å². The number of halogens is 3. The fourth-order valence-corrected chi connectivity index (χ4v) is 2.21. The molecule has 4 nitrogen and oxygen atoms in total. The highest BCUT2D eigenvalue weighted by Crippen LogP contribution is 2.48. The number of aliphatic hydroxyl groups is 1. The SMILES string of the molecule is OCCC1(CNc2nnc(C(F)(F)F)s2)CC1. The molecular weight excluding hydrogens is 255 g/mol. The third-order valence-electron chi connectivity index (χ3n) is 2.88. The van der Waals surface area contributed by atoms with E-state index in [0.717, 1.165) is 12.8 Å². The van der Waals surface area contributed by atoms with Crippen molar-refractivity contribution in [1.29, 1.82) is 0 Å². The molecule has 0 amide bonds. The van der Waals surface area contributed by atoms with Gasteiger partial charge in [0.1, 0.15) is 0 Å². The lowest BCUT2D eigenvalue weighted by atomic mass is 10.0. The van der Waals surface area contributed by atoms with Gasteiger partial charge in [-0.15, -0.1) is 10.2 Å². The Bertz CT molecular complexity index is 389. The maximum atomic E-state index is 12.3. The van der Waals surface area contributed by atoms with Crippen LogP contribution in [0.4, 0.5) is 18.3 Å². The first-order chi connectivity index (χ1) is 7.95. The summed E-state index contributed by atoms with van der Waals surface area (Å²) in [5, 5.41) is 17.5. The van der Waals surface area contributed by atoms with E-state index in [2.05, 4.69) is 15.5 Å². The van der Waals surface area contributed by atoms with Crippen molar-refractivity contribution in [3.8, 4) is 0 Å². The molecule has 0 aromatic carbocycles. The molecule has 1 fully saturated rings. The minimum Gasteiger partial charge on any atom is -0.396 e. The van der Waals surface area contributed by atoms with Crippen molar-refractivity contribution >= 4 is 16.5 Å². The topological polar surface area (TPSA) is 58.0 Å². The molecule has 1 aliphatic carbocycles. The average molecular weight is 267 g/mol. The van der Waals surface area contributed by atoms with Crippen LogP contribution >= 0.6 is 11.3 Å². The summed E-state index contributed by atoms with van der Waals surface area (Å²) >= 11 is 0.506. The second-order valence-electron chi connectivity index (χ2n) is 4.24. The van der Waals surface area contributed by atoms with Gasteiger partial charge in [0.25, 0.3) is 0 Å². The molecule has 0 aliphatic heterocycles. The molecule has 0 saturated heterocycles. The molecule has 0 unspecified atom stereocenters. The summed E-state index contributed by atoms with van der Waals surface area (Å²) in [5.74, 6) is 0. The zero-order chi connectivity index (χ0) is 12.5. The van der Waals surface area contributed by atoms with E-state index in [9.17, 15) is 13.2 Å². The Hall–Kier alpha value is -0.890. The Balaban J connectivity index is 1.90. The van der Waals surface area contributed by atoms with Gasteiger partial charge in [-0.25, -0.2) is 0 Å². The van der Waals surface area contributed by atoms with Crippen LogP contribution in [0.3, 0.4) is 0 Å². The van der Waals surface area contributed by atoms with E-state index in [0.29, 0.717) is 24.3 Å². The summed E-state index contributed by atoms with van der Waals surface area (Å²) in [6, 6.07) is 0. The Morgan fingerprint density at radius 3 is 2.53 bits per heavy atom. The standard InChI is InChI=1S/C9H12F3N3OS/c10-9(11,12)6-14-15-7(17-6)13-5-8(1-2-8)3-4-16/h16H,1-5H2,(H,13,15). The third kappa shape index (κ3) is 3.06. The monoisotopic (exact) mass is 267 g/mol. The third-order valence-corrected chi connectivity index (χ3v) is 3.81. The average Bonchev–Trinajstić information content (AvgIpc) is 2.82. The van der Waals surface area contributed by atoms with Gasteiger partial charge >= 0.3 is 6.18 Å². The van der Waals surface area contributed by atoms with Crippen LogP contribution in [-0.4, -0.2) is 28.5 Å². The molecule has 1 aliphatic rings. The van der Waals surface area contributed by atoms with E-state index in [1.807, 2.05) is 0 Å². The molecule has 17 heavy (non-hydrogen) atoms. The Morgan fingerprint density at radius 1 is 1.35 bits per heavy atom. The summed E-state index contributed by atoms with van der Waals surface area (Å²) in [6.07, 6.45) is -1.78. The normalized spacial score (nSPS) is 18.1. The van der Waals surface area contributed by atoms with E-state index in [4.69, 9.17) is 5.11 Å². The van der Waals surface area contributed by atoms with Crippen molar-refractivity contribution in [2.45, 2.75) is 25.4 Å². The minimum absolute atomic E-state index is 0.0405. The number of anilines is 1. The molecule has 0 spiro atoms.